The molecule has 12 heteroatoms. The molecule has 2 aliphatic rings. The van der Waals surface area contributed by atoms with E-state index in [-0.39, 0.29) is 69.1 Å². The monoisotopic (exact) mass is 650 g/mol. The van der Waals surface area contributed by atoms with Gasteiger partial charge in [-0.05, 0) is 68.1 Å². The summed E-state index contributed by atoms with van der Waals surface area (Å²) in [7, 11) is 0. The first-order chi connectivity index (χ1) is 21.9. The zero-order valence-electron chi connectivity index (χ0n) is 25.4. The summed E-state index contributed by atoms with van der Waals surface area (Å²) in [6, 6.07) is 15.8. The molecule has 3 aromatic heterocycles. The molecule has 236 valence electrons. The second-order valence-electron chi connectivity index (χ2n) is 12.5. The Kier molecular flexibility index (Phi) is 10.2. The van der Waals surface area contributed by atoms with Crippen LogP contribution in [0.1, 0.15) is 81.2 Å². The number of nitrogens with zero attached hydrogens (tertiary/aromatic N) is 5. The van der Waals surface area contributed by atoms with Crippen LogP contribution in [-0.2, 0) is 17.6 Å². The number of fused-ring (bicyclic) bond motifs is 1. The van der Waals surface area contributed by atoms with E-state index in [9.17, 15) is 14.7 Å². The molecule has 7 rings (SSSR count). The molecule has 5 aromatic rings. The third kappa shape index (κ3) is 6.66. The number of rotatable bonds is 10. The van der Waals surface area contributed by atoms with E-state index in [0.29, 0.717) is 24.6 Å². The summed E-state index contributed by atoms with van der Waals surface area (Å²) in [5, 5.41) is 18.9. The fourth-order valence-corrected chi connectivity index (χ4v) is 6.84. The number of nitrogens with one attached hydrogen (secondary N) is 1. The van der Waals surface area contributed by atoms with Crippen LogP contribution < -0.4 is 11.3 Å². The van der Waals surface area contributed by atoms with Gasteiger partial charge in [0.1, 0.15) is 6.33 Å². The maximum absolute atomic E-state index is 14.3. The number of aryl methyl sites for hydroxylation is 1. The number of hydrogen-bond donors (Lipinski definition) is 2. The number of benzene rings is 2. The van der Waals surface area contributed by atoms with Crippen molar-refractivity contribution >= 4 is 57.2 Å². The third-order valence-electron chi connectivity index (χ3n) is 9.46. The van der Waals surface area contributed by atoms with Crippen molar-refractivity contribution in [1.82, 2.24) is 29.3 Å². The van der Waals surface area contributed by atoms with Crippen molar-refractivity contribution in [3.8, 4) is 22.5 Å². The third-order valence-corrected chi connectivity index (χ3v) is 9.46. The van der Waals surface area contributed by atoms with Crippen LogP contribution in [0.15, 0.2) is 69.0 Å². The number of aromatic amines is 1. The Morgan fingerprint density at radius 3 is 2.43 bits per heavy atom. The van der Waals surface area contributed by atoms with Gasteiger partial charge in [0.25, 0.3) is 5.56 Å². The first-order valence-electron chi connectivity index (χ1n) is 16.0. The average Bonchev–Trinajstić information content (AvgIpc) is 3.71. The Balaban J connectivity index is 0.00000372. The van der Waals surface area contributed by atoms with Gasteiger partial charge in [-0.3, -0.25) is 18.9 Å². The minimum absolute atomic E-state index is 0. The van der Waals surface area contributed by atoms with Gasteiger partial charge < -0.3 is 9.84 Å². The number of aromatic nitrogens is 6. The molecule has 46 heavy (non-hydrogen) atoms. The number of hydrogen-bond acceptors (Lipinski definition) is 8. The Labute approximate surface area is 308 Å². The molecule has 0 spiro atoms. The van der Waals surface area contributed by atoms with Crippen molar-refractivity contribution < 1.29 is 14.4 Å². The summed E-state index contributed by atoms with van der Waals surface area (Å²) < 4.78 is 14.6. The second-order valence-corrected chi connectivity index (χ2v) is 12.5. The SMILES string of the molecule is CCCc1c(Cc2ccc(-c3ccccc3-c3noc(=O)[nH]3)cc2)c(=O)n(C2CCC(OCC3(O)CCC3)CC2)c2ncnn12.[KH]. The topological polar surface area (TPSA) is 141 Å². The van der Waals surface area contributed by atoms with Crippen LogP contribution in [0.3, 0.4) is 0 Å². The summed E-state index contributed by atoms with van der Waals surface area (Å²) >= 11 is 0. The van der Waals surface area contributed by atoms with Crippen LogP contribution >= 0.6 is 0 Å². The molecule has 2 N–H and O–H groups in total. The Bertz CT molecular complexity index is 1910. The molecule has 2 aliphatic carbocycles. The molecular formula is C34H39KN6O5. The van der Waals surface area contributed by atoms with Gasteiger partial charge in [0, 0.05) is 23.6 Å². The van der Waals surface area contributed by atoms with E-state index in [1.807, 2.05) is 57.6 Å². The quantitative estimate of drug-likeness (QED) is 0.214. The molecule has 0 radical (unpaired) electrons. The molecule has 3 heterocycles. The van der Waals surface area contributed by atoms with Gasteiger partial charge in [0.2, 0.25) is 5.78 Å². The van der Waals surface area contributed by atoms with Gasteiger partial charge in [-0.25, -0.2) is 9.31 Å². The molecule has 0 unspecified atom stereocenters. The van der Waals surface area contributed by atoms with Crippen molar-refractivity contribution in [2.24, 2.45) is 0 Å². The number of H-pyrrole nitrogens is 1. The van der Waals surface area contributed by atoms with Gasteiger partial charge in [0.05, 0.1) is 24.0 Å². The summed E-state index contributed by atoms with van der Waals surface area (Å²) in [5.74, 6) is 0.373. The summed E-state index contributed by atoms with van der Waals surface area (Å²) in [6.07, 6.45) is 9.69. The molecular weight excluding hydrogens is 612 g/mol. The van der Waals surface area contributed by atoms with Gasteiger partial charge in [0.15, 0.2) is 5.82 Å². The van der Waals surface area contributed by atoms with Crippen LogP contribution in [-0.4, -0.2) is 104 Å². The summed E-state index contributed by atoms with van der Waals surface area (Å²) in [6.45, 7) is 2.50. The Hall–Kier alpha value is -2.71. The Morgan fingerprint density at radius 2 is 1.78 bits per heavy atom. The molecule has 0 saturated heterocycles. The van der Waals surface area contributed by atoms with E-state index in [4.69, 9.17) is 9.26 Å². The van der Waals surface area contributed by atoms with Crippen LogP contribution in [0.5, 0.6) is 0 Å². The second kappa shape index (κ2) is 14.2. The fraction of sp³-hybridized carbons (Fsp3) is 0.441. The zero-order chi connectivity index (χ0) is 31.0. The standard InChI is InChI=1S/C34H38N6O5.K.H/c1-2-6-29-28(19-22-9-11-23(12-10-22)26-7-3-4-8-27(26)30-37-33(42)45-38-30)31(41)39(32-35-21-36-40(29)32)24-13-15-25(16-14-24)44-20-34(43)17-5-18-34;;/h3-4,7-12,21,24-25,43H,2,5-6,13-20H2,1H3,(H,37,38,42);;. The normalized spacial score (nSPS) is 19.1. The van der Waals surface area contributed by atoms with Crippen LogP contribution in [0.25, 0.3) is 28.3 Å². The van der Waals surface area contributed by atoms with Gasteiger partial charge in [-0.1, -0.05) is 67.0 Å². The average molecular weight is 651 g/mol. The van der Waals surface area contributed by atoms with E-state index < -0.39 is 11.4 Å². The molecule has 2 fully saturated rings. The van der Waals surface area contributed by atoms with Crippen LogP contribution in [0.4, 0.5) is 0 Å². The molecule has 0 amide bonds. The minimum atomic E-state index is -0.648. The molecule has 0 atom stereocenters. The van der Waals surface area contributed by atoms with Crippen LogP contribution in [0.2, 0.25) is 0 Å². The fourth-order valence-electron chi connectivity index (χ4n) is 6.84. The number of aliphatic hydroxyl groups is 1. The molecule has 0 bridgehead atoms. The van der Waals surface area contributed by atoms with Crippen molar-refractivity contribution in [2.45, 2.75) is 88.9 Å². The van der Waals surface area contributed by atoms with Crippen molar-refractivity contribution in [1.29, 1.82) is 0 Å². The zero-order valence-corrected chi connectivity index (χ0v) is 25.4. The van der Waals surface area contributed by atoms with E-state index in [1.165, 1.54) is 6.33 Å². The molecule has 11 nitrogen and oxygen atoms in total. The van der Waals surface area contributed by atoms with Gasteiger partial charge in [-0.15, -0.1) is 0 Å². The van der Waals surface area contributed by atoms with Gasteiger partial charge in [-0.2, -0.15) is 10.1 Å². The van der Waals surface area contributed by atoms with E-state index >= 15 is 0 Å². The molecule has 2 aromatic carbocycles. The molecule has 0 aliphatic heterocycles. The maximum atomic E-state index is 14.3. The Morgan fingerprint density at radius 1 is 1.04 bits per heavy atom. The van der Waals surface area contributed by atoms with E-state index in [1.54, 1.807) is 0 Å². The van der Waals surface area contributed by atoms with Crippen molar-refractivity contribution in [3.05, 3.63) is 92.6 Å². The van der Waals surface area contributed by atoms with Crippen LogP contribution in [0, 0.1) is 0 Å². The van der Waals surface area contributed by atoms with E-state index in [2.05, 4.69) is 27.1 Å². The summed E-state index contributed by atoms with van der Waals surface area (Å²) in [5.41, 5.74) is 4.64. The van der Waals surface area contributed by atoms with E-state index in [0.717, 1.165) is 91.3 Å². The predicted octanol–water partition coefficient (Wildman–Crippen LogP) is 4.21. The number of ether oxygens (including phenoxy) is 1. The first kappa shape index (κ1) is 33.2. The predicted molar refractivity (Wildman–Crippen MR) is 175 cm³/mol. The molecule has 2 saturated carbocycles. The van der Waals surface area contributed by atoms with Gasteiger partial charge >= 0.3 is 57.1 Å². The van der Waals surface area contributed by atoms with Crippen molar-refractivity contribution in [2.75, 3.05) is 6.61 Å². The first-order valence-corrected chi connectivity index (χ1v) is 16.0. The van der Waals surface area contributed by atoms with Crippen molar-refractivity contribution in [3.63, 3.8) is 0 Å². The summed E-state index contributed by atoms with van der Waals surface area (Å²) in [4.78, 5) is 33.1.